The Bertz CT molecular complexity index is 719. The van der Waals surface area contributed by atoms with E-state index in [-0.39, 0.29) is 5.91 Å². The van der Waals surface area contributed by atoms with Gasteiger partial charge in [-0.2, -0.15) is 0 Å². The lowest BCUT2D eigenvalue weighted by atomic mass is 9.97. The lowest BCUT2D eigenvalue weighted by molar-refractivity contribution is 0.0977. The molecule has 0 aromatic heterocycles. The van der Waals surface area contributed by atoms with Gasteiger partial charge in [0.2, 0.25) is 0 Å². The molecule has 0 saturated heterocycles. The summed E-state index contributed by atoms with van der Waals surface area (Å²) >= 11 is 0. The van der Waals surface area contributed by atoms with Crippen molar-refractivity contribution in [2.75, 3.05) is 0 Å². The highest BCUT2D eigenvalue weighted by molar-refractivity contribution is 6.06. The highest BCUT2D eigenvalue weighted by Crippen LogP contribution is 2.20. The second-order valence-corrected chi connectivity index (χ2v) is 5.87. The fourth-order valence-electron chi connectivity index (χ4n) is 2.36. The molecule has 0 saturated carbocycles. The summed E-state index contributed by atoms with van der Waals surface area (Å²) in [6.07, 6.45) is 1.05. The van der Waals surface area contributed by atoms with E-state index in [0.29, 0.717) is 17.3 Å². The van der Waals surface area contributed by atoms with Crippen LogP contribution < -0.4 is 5.32 Å². The van der Waals surface area contributed by atoms with Crippen molar-refractivity contribution in [3.63, 3.8) is 0 Å². The van der Waals surface area contributed by atoms with Crippen LogP contribution >= 0.6 is 0 Å². The number of carbonyl (C=O) groups is 1. The van der Waals surface area contributed by atoms with E-state index in [1.165, 1.54) is 5.56 Å². The topological polar surface area (TPSA) is 41.5 Å². The van der Waals surface area contributed by atoms with Crippen LogP contribution in [0.2, 0.25) is 0 Å². The summed E-state index contributed by atoms with van der Waals surface area (Å²) in [6.45, 7) is 8.13. The predicted molar refractivity (Wildman–Crippen MR) is 96.6 cm³/mol. The maximum Gasteiger partial charge on any atom is 0.256 e. The van der Waals surface area contributed by atoms with Gasteiger partial charge in [-0.3, -0.25) is 4.79 Å². The molecular weight excluding hydrogens is 284 g/mol. The Labute approximate surface area is 138 Å². The number of carbonyl (C=O) groups excluding carboxylic acids is 1. The molecule has 0 radical (unpaired) electrons. The Morgan fingerprint density at radius 1 is 1.17 bits per heavy atom. The van der Waals surface area contributed by atoms with Gasteiger partial charge < -0.3 is 5.32 Å². The fourth-order valence-corrected chi connectivity index (χ4v) is 2.36. The second-order valence-electron chi connectivity index (χ2n) is 5.87. The van der Waals surface area contributed by atoms with Crippen LogP contribution in [0.1, 0.15) is 54.6 Å². The van der Waals surface area contributed by atoms with Crippen molar-refractivity contribution in [2.45, 2.75) is 40.0 Å². The number of nitrogens with zero attached hydrogens (tertiary/aromatic N) is 1. The maximum atomic E-state index is 12.4. The minimum absolute atomic E-state index is 0.120. The average molecular weight is 308 g/mol. The molecule has 0 fully saturated rings. The van der Waals surface area contributed by atoms with Crippen LogP contribution in [-0.4, -0.2) is 11.7 Å². The van der Waals surface area contributed by atoms with Crippen molar-refractivity contribution in [3.8, 4) is 0 Å². The number of hydrogen-bond donors (Lipinski definition) is 1. The molecule has 1 amide bonds. The van der Waals surface area contributed by atoms with E-state index in [4.69, 9.17) is 0 Å². The molecule has 0 heterocycles. The standard InChI is InChI=1S/C20H24N2O/c1-5-14(2)17-10-8-11-18(13-17)20(23)22-16(4)21-19-12-7-6-9-15(19)3/h6-14H,5H2,1-4H3,(H,21,22,23)/t14-/m0/s1. The van der Waals surface area contributed by atoms with Gasteiger partial charge in [0, 0.05) is 5.56 Å². The molecular formula is C20H24N2O. The summed E-state index contributed by atoms with van der Waals surface area (Å²) in [6, 6.07) is 15.7. The number of benzene rings is 2. The van der Waals surface area contributed by atoms with Gasteiger partial charge >= 0.3 is 0 Å². The molecule has 2 aromatic carbocycles. The number of amidine groups is 1. The van der Waals surface area contributed by atoms with Crippen LogP contribution in [-0.2, 0) is 0 Å². The van der Waals surface area contributed by atoms with Crippen LogP contribution in [0, 0.1) is 6.92 Å². The quantitative estimate of drug-likeness (QED) is 0.627. The first-order valence-corrected chi connectivity index (χ1v) is 8.03. The molecule has 0 aliphatic carbocycles. The smallest absolute Gasteiger partial charge is 0.256 e. The Hall–Kier alpha value is -2.42. The highest BCUT2D eigenvalue weighted by Gasteiger charge is 2.10. The van der Waals surface area contributed by atoms with E-state index in [1.807, 2.05) is 56.3 Å². The van der Waals surface area contributed by atoms with E-state index in [2.05, 4.69) is 30.2 Å². The lowest BCUT2D eigenvalue weighted by Crippen LogP contribution is -2.28. The summed E-state index contributed by atoms with van der Waals surface area (Å²) in [7, 11) is 0. The largest absolute Gasteiger partial charge is 0.310 e. The Kier molecular flexibility index (Phi) is 5.69. The van der Waals surface area contributed by atoms with Gasteiger partial charge in [0.15, 0.2) is 0 Å². The zero-order valence-electron chi connectivity index (χ0n) is 14.3. The first kappa shape index (κ1) is 16.9. The van der Waals surface area contributed by atoms with Crippen LogP contribution in [0.5, 0.6) is 0 Å². The summed E-state index contributed by atoms with van der Waals surface area (Å²) < 4.78 is 0. The van der Waals surface area contributed by atoms with Crippen molar-refractivity contribution in [1.29, 1.82) is 0 Å². The second kappa shape index (κ2) is 7.73. The van der Waals surface area contributed by atoms with Gasteiger partial charge in [0.05, 0.1) is 5.69 Å². The molecule has 2 aromatic rings. The monoisotopic (exact) mass is 308 g/mol. The Morgan fingerprint density at radius 2 is 1.91 bits per heavy atom. The molecule has 0 aliphatic rings. The summed E-state index contributed by atoms with van der Waals surface area (Å²) in [5, 5.41) is 2.87. The third-order valence-corrected chi connectivity index (χ3v) is 4.03. The molecule has 1 N–H and O–H groups in total. The minimum atomic E-state index is -0.120. The zero-order valence-corrected chi connectivity index (χ0v) is 14.3. The summed E-state index contributed by atoms with van der Waals surface area (Å²) in [4.78, 5) is 16.9. The number of aryl methyl sites for hydroxylation is 1. The Morgan fingerprint density at radius 3 is 2.61 bits per heavy atom. The fraction of sp³-hybridized carbons (Fsp3) is 0.300. The van der Waals surface area contributed by atoms with Gasteiger partial charge in [-0.25, -0.2) is 4.99 Å². The summed E-state index contributed by atoms with van der Waals surface area (Å²) in [5.41, 5.74) is 3.81. The minimum Gasteiger partial charge on any atom is -0.310 e. The van der Waals surface area contributed by atoms with E-state index < -0.39 is 0 Å². The Balaban J connectivity index is 2.14. The molecule has 0 bridgehead atoms. The van der Waals surface area contributed by atoms with Crippen molar-refractivity contribution in [1.82, 2.24) is 5.32 Å². The number of rotatable bonds is 4. The third kappa shape index (κ3) is 4.52. The SMILES string of the molecule is CC[C@H](C)c1cccc(C(=O)NC(C)=Nc2ccccc2C)c1. The predicted octanol–water partition coefficient (Wildman–Crippen LogP) is 4.99. The first-order valence-electron chi connectivity index (χ1n) is 8.03. The molecule has 1 atom stereocenters. The number of para-hydroxylation sites is 1. The van der Waals surface area contributed by atoms with Gasteiger partial charge in [0.25, 0.3) is 5.91 Å². The van der Waals surface area contributed by atoms with E-state index in [9.17, 15) is 4.79 Å². The van der Waals surface area contributed by atoms with Gasteiger partial charge in [0.1, 0.15) is 5.84 Å². The number of hydrogen-bond acceptors (Lipinski definition) is 2. The molecule has 0 unspecified atom stereocenters. The van der Waals surface area contributed by atoms with Gasteiger partial charge in [-0.05, 0) is 55.5 Å². The van der Waals surface area contributed by atoms with Crippen molar-refractivity contribution in [2.24, 2.45) is 4.99 Å². The maximum absolute atomic E-state index is 12.4. The van der Waals surface area contributed by atoms with Crippen molar-refractivity contribution >= 4 is 17.4 Å². The van der Waals surface area contributed by atoms with E-state index in [0.717, 1.165) is 17.7 Å². The average Bonchev–Trinajstić information content (AvgIpc) is 2.56. The van der Waals surface area contributed by atoms with Crippen LogP contribution in [0.25, 0.3) is 0 Å². The highest BCUT2D eigenvalue weighted by atomic mass is 16.1. The van der Waals surface area contributed by atoms with Gasteiger partial charge in [-0.15, -0.1) is 0 Å². The lowest BCUT2D eigenvalue weighted by Gasteiger charge is -2.11. The molecule has 0 spiro atoms. The number of aliphatic imine (C=N–C) groups is 1. The first-order chi connectivity index (χ1) is 11.0. The number of amides is 1. The molecule has 3 heteroatoms. The molecule has 3 nitrogen and oxygen atoms in total. The van der Waals surface area contributed by atoms with Crippen LogP contribution in [0.15, 0.2) is 53.5 Å². The van der Waals surface area contributed by atoms with E-state index >= 15 is 0 Å². The number of nitrogens with one attached hydrogen (secondary N) is 1. The van der Waals surface area contributed by atoms with Gasteiger partial charge in [-0.1, -0.05) is 44.2 Å². The zero-order chi connectivity index (χ0) is 16.8. The molecule has 2 rings (SSSR count). The molecule has 120 valence electrons. The van der Waals surface area contributed by atoms with Crippen molar-refractivity contribution in [3.05, 3.63) is 65.2 Å². The molecule has 23 heavy (non-hydrogen) atoms. The molecule has 0 aliphatic heterocycles. The van der Waals surface area contributed by atoms with Crippen LogP contribution in [0.3, 0.4) is 0 Å². The van der Waals surface area contributed by atoms with E-state index in [1.54, 1.807) is 0 Å². The summed E-state index contributed by atoms with van der Waals surface area (Å²) in [5.74, 6) is 0.924. The normalized spacial score (nSPS) is 12.8. The third-order valence-electron chi connectivity index (χ3n) is 4.03. The van der Waals surface area contributed by atoms with Crippen molar-refractivity contribution < 1.29 is 4.79 Å². The van der Waals surface area contributed by atoms with Crippen LogP contribution in [0.4, 0.5) is 5.69 Å².